The van der Waals surface area contributed by atoms with Crippen molar-refractivity contribution in [1.82, 2.24) is 5.32 Å². The Labute approximate surface area is 142 Å². The minimum absolute atomic E-state index is 0.0724. The van der Waals surface area contributed by atoms with Crippen LogP contribution in [0, 0.1) is 0 Å². The van der Waals surface area contributed by atoms with Crippen LogP contribution in [-0.2, 0) is 11.2 Å². The first-order chi connectivity index (χ1) is 11.8. The summed E-state index contributed by atoms with van der Waals surface area (Å²) in [6, 6.07) is 15.8. The lowest BCUT2D eigenvalue weighted by atomic mass is 9.90. The van der Waals surface area contributed by atoms with E-state index in [0.29, 0.717) is 25.5 Å². The number of hydrogen-bond acceptors (Lipinski definition) is 3. The number of hydrogen-bond donors (Lipinski definition) is 1. The molecule has 1 N–H and O–H groups in total. The zero-order valence-electron chi connectivity index (χ0n) is 14.0. The molecular formula is C20H23NO3. The molecule has 1 unspecified atom stereocenters. The summed E-state index contributed by atoms with van der Waals surface area (Å²) >= 11 is 0. The highest BCUT2D eigenvalue weighted by Gasteiger charge is 2.21. The Hall–Kier alpha value is -2.49. The summed E-state index contributed by atoms with van der Waals surface area (Å²) in [4.78, 5) is 12.0. The molecule has 1 aliphatic rings. The van der Waals surface area contributed by atoms with E-state index in [4.69, 9.17) is 9.47 Å². The Kier molecular flexibility index (Phi) is 5.36. The van der Waals surface area contributed by atoms with Crippen LogP contribution >= 0.6 is 0 Å². The van der Waals surface area contributed by atoms with Gasteiger partial charge in [-0.1, -0.05) is 36.4 Å². The van der Waals surface area contributed by atoms with Crippen molar-refractivity contribution in [1.29, 1.82) is 0 Å². The molecule has 24 heavy (non-hydrogen) atoms. The fourth-order valence-corrected chi connectivity index (χ4v) is 3.10. The number of carbonyl (C=O) groups is 1. The van der Waals surface area contributed by atoms with Crippen molar-refractivity contribution in [3.63, 3.8) is 0 Å². The van der Waals surface area contributed by atoms with Crippen molar-refractivity contribution in [3.8, 4) is 11.5 Å². The minimum Gasteiger partial charge on any atom is -0.497 e. The molecule has 1 amide bonds. The van der Waals surface area contributed by atoms with Gasteiger partial charge >= 0.3 is 0 Å². The molecule has 2 aromatic carbocycles. The Morgan fingerprint density at radius 1 is 1.25 bits per heavy atom. The summed E-state index contributed by atoms with van der Waals surface area (Å²) < 4.78 is 11.0. The van der Waals surface area contributed by atoms with E-state index < -0.39 is 0 Å². The van der Waals surface area contributed by atoms with Gasteiger partial charge < -0.3 is 14.8 Å². The first-order valence-electron chi connectivity index (χ1n) is 8.37. The highest BCUT2D eigenvalue weighted by Crippen LogP contribution is 2.37. The van der Waals surface area contributed by atoms with E-state index in [2.05, 4.69) is 11.4 Å². The lowest BCUT2D eigenvalue weighted by Gasteiger charge is -2.26. The number of rotatable bonds is 6. The molecule has 2 aromatic rings. The maximum Gasteiger partial charge on any atom is 0.224 e. The predicted molar refractivity (Wildman–Crippen MR) is 93.6 cm³/mol. The molecule has 0 saturated carbocycles. The fraction of sp³-hybridized carbons (Fsp3) is 0.350. The monoisotopic (exact) mass is 325 g/mol. The summed E-state index contributed by atoms with van der Waals surface area (Å²) in [5, 5.41) is 3.03. The predicted octanol–water partition coefficient (Wildman–Crippen LogP) is 3.31. The second-order valence-corrected chi connectivity index (χ2v) is 6.04. The van der Waals surface area contributed by atoms with Crippen LogP contribution in [0.4, 0.5) is 0 Å². The van der Waals surface area contributed by atoms with Crippen LogP contribution in [-0.4, -0.2) is 26.2 Å². The van der Waals surface area contributed by atoms with E-state index >= 15 is 0 Å². The van der Waals surface area contributed by atoms with E-state index in [0.717, 1.165) is 29.9 Å². The third-order valence-electron chi connectivity index (χ3n) is 4.41. The number of ether oxygens (including phenoxy) is 2. The van der Waals surface area contributed by atoms with Crippen molar-refractivity contribution in [3.05, 3.63) is 59.7 Å². The highest BCUT2D eigenvalue weighted by molar-refractivity contribution is 5.78. The van der Waals surface area contributed by atoms with Gasteiger partial charge in [0.25, 0.3) is 0 Å². The molecule has 4 nitrogen and oxygen atoms in total. The normalized spacial score (nSPS) is 16.0. The van der Waals surface area contributed by atoms with Gasteiger partial charge in [0.15, 0.2) is 0 Å². The number of carbonyl (C=O) groups excluding carboxylic acids is 1. The summed E-state index contributed by atoms with van der Waals surface area (Å²) in [5.41, 5.74) is 2.25. The average Bonchev–Trinajstić information content (AvgIpc) is 2.62. The maximum absolute atomic E-state index is 12.0. The first-order valence-corrected chi connectivity index (χ1v) is 8.37. The van der Waals surface area contributed by atoms with Gasteiger partial charge in [0.1, 0.15) is 11.5 Å². The van der Waals surface area contributed by atoms with Crippen molar-refractivity contribution >= 4 is 5.91 Å². The van der Waals surface area contributed by atoms with Gasteiger partial charge in [-0.15, -0.1) is 0 Å². The van der Waals surface area contributed by atoms with Crippen LogP contribution in [0.2, 0.25) is 0 Å². The van der Waals surface area contributed by atoms with Gasteiger partial charge in [0.2, 0.25) is 5.91 Å². The summed E-state index contributed by atoms with van der Waals surface area (Å²) in [5.74, 6) is 2.20. The number of benzene rings is 2. The molecule has 0 fully saturated rings. The van der Waals surface area contributed by atoms with Crippen molar-refractivity contribution in [2.24, 2.45) is 0 Å². The van der Waals surface area contributed by atoms with Crippen LogP contribution in [0.25, 0.3) is 0 Å². The number of methoxy groups -OCH3 is 1. The lowest BCUT2D eigenvalue weighted by molar-refractivity contribution is -0.120. The molecule has 0 radical (unpaired) electrons. The topological polar surface area (TPSA) is 47.6 Å². The maximum atomic E-state index is 12.0. The molecule has 0 aromatic heterocycles. The zero-order chi connectivity index (χ0) is 16.8. The molecule has 1 atom stereocenters. The summed E-state index contributed by atoms with van der Waals surface area (Å²) in [7, 11) is 1.66. The van der Waals surface area contributed by atoms with Gasteiger partial charge in [-0.25, -0.2) is 0 Å². The quantitative estimate of drug-likeness (QED) is 0.886. The van der Waals surface area contributed by atoms with Crippen LogP contribution in [0.15, 0.2) is 48.5 Å². The second kappa shape index (κ2) is 7.86. The molecule has 0 aliphatic carbocycles. The molecule has 1 aliphatic heterocycles. The van der Waals surface area contributed by atoms with E-state index in [-0.39, 0.29) is 5.91 Å². The first kappa shape index (κ1) is 16.4. The fourth-order valence-electron chi connectivity index (χ4n) is 3.10. The summed E-state index contributed by atoms with van der Waals surface area (Å²) in [6.45, 7) is 1.39. The second-order valence-electron chi connectivity index (χ2n) is 6.04. The van der Waals surface area contributed by atoms with Crippen molar-refractivity contribution in [2.45, 2.75) is 25.2 Å². The third kappa shape index (κ3) is 4.07. The molecule has 1 heterocycles. The van der Waals surface area contributed by atoms with E-state index in [1.54, 1.807) is 7.11 Å². The zero-order valence-corrected chi connectivity index (χ0v) is 14.0. The number of nitrogens with one attached hydrogen (secondary N) is 1. The van der Waals surface area contributed by atoms with Crippen LogP contribution in [0.1, 0.15) is 29.9 Å². The summed E-state index contributed by atoms with van der Waals surface area (Å²) in [6.07, 6.45) is 2.33. The van der Waals surface area contributed by atoms with Crippen LogP contribution in [0.3, 0.4) is 0 Å². The molecule has 0 spiro atoms. The van der Waals surface area contributed by atoms with E-state index in [1.807, 2.05) is 42.5 Å². The van der Waals surface area contributed by atoms with Gasteiger partial charge in [-0.3, -0.25) is 4.79 Å². The smallest absolute Gasteiger partial charge is 0.224 e. The lowest BCUT2D eigenvalue weighted by Crippen LogP contribution is -2.28. The Morgan fingerprint density at radius 2 is 2.08 bits per heavy atom. The molecule has 0 bridgehead atoms. The minimum atomic E-state index is 0.0724. The Bertz CT molecular complexity index is 685. The standard InChI is InChI=1S/C20H23NO3/c1-23-17-7-8-18-16(10-12-24-19(18)14-17)9-11-21-20(22)13-15-5-3-2-4-6-15/h2-8,14,16H,9-13H2,1H3,(H,21,22). The highest BCUT2D eigenvalue weighted by atomic mass is 16.5. The van der Waals surface area contributed by atoms with Gasteiger partial charge in [0, 0.05) is 12.6 Å². The number of amides is 1. The largest absolute Gasteiger partial charge is 0.497 e. The molecule has 3 rings (SSSR count). The van der Waals surface area contributed by atoms with Crippen LogP contribution in [0.5, 0.6) is 11.5 Å². The Balaban J connectivity index is 1.52. The van der Waals surface area contributed by atoms with Gasteiger partial charge in [-0.05, 0) is 36.0 Å². The molecular weight excluding hydrogens is 302 g/mol. The van der Waals surface area contributed by atoms with Crippen molar-refractivity contribution in [2.75, 3.05) is 20.3 Å². The SMILES string of the molecule is COc1ccc2c(c1)OCCC2CCNC(=O)Cc1ccccc1. The molecule has 126 valence electrons. The third-order valence-corrected chi connectivity index (χ3v) is 4.41. The van der Waals surface area contributed by atoms with E-state index in [1.165, 1.54) is 5.56 Å². The van der Waals surface area contributed by atoms with Crippen molar-refractivity contribution < 1.29 is 14.3 Å². The van der Waals surface area contributed by atoms with Crippen LogP contribution < -0.4 is 14.8 Å². The molecule has 0 saturated heterocycles. The Morgan fingerprint density at radius 3 is 2.88 bits per heavy atom. The average molecular weight is 325 g/mol. The number of fused-ring (bicyclic) bond motifs is 1. The van der Waals surface area contributed by atoms with Gasteiger partial charge in [0.05, 0.1) is 20.1 Å². The van der Waals surface area contributed by atoms with Gasteiger partial charge in [-0.2, -0.15) is 0 Å². The molecule has 4 heteroatoms. The van der Waals surface area contributed by atoms with E-state index in [9.17, 15) is 4.79 Å².